The Morgan fingerprint density at radius 2 is 2.06 bits per heavy atom. The molecule has 1 aliphatic rings. The molecule has 0 spiro atoms. The van der Waals surface area contributed by atoms with Crippen molar-refractivity contribution >= 4 is 5.91 Å². The Balaban J connectivity index is 2.14. The highest BCUT2D eigenvalue weighted by Gasteiger charge is 2.17. The lowest BCUT2D eigenvalue weighted by Gasteiger charge is -2.26. The molecule has 0 saturated carbocycles. The molecule has 1 amide bonds. The van der Waals surface area contributed by atoms with E-state index in [0.717, 1.165) is 13.0 Å². The Hall–Kier alpha value is -2.08. The Labute approximate surface area is 101 Å². The SMILES string of the molecule is CC1=CCCN(C(=O)c2ccc(C#N)cc2)C1. The number of hydrogen-bond donors (Lipinski definition) is 0. The highest BCUT2D eigenvalue weighted by molar-refractivity contribution is 5.94. The van der Waals surface area contributed by atoms with Crippen LogP contribution in [0.2, 0.25) is 0 Å². The van der Waals surface area contributed by atoms with Crippen molar-refractivity contribution in [3.05, 3.63) is 47.0 Å². The van der Waals surface area contributed by atoms with Crippen molar-refractivity contribution in [1.29, 1.82) is 5.26 Å². The molecule has 0 fully saturated rings. The second-order valence-corrected chi connectivity index (χ2v) is 4.26. The van der Waals surface area contributed by atoms with Crippen LogP contribution in [0.3, 0.4) is 0 Å². The van der Waals surface area contributed by atoms with Crippen LogP contribution in [0, 0.1) is 11.3 Å². The van der Waals surface area contributed by atoms with Gasteiger partial charge in [-0.2, -0.15) is 5.26 Å². The fourth-order valence-electron chi connectivity index (χ4n) is 1.95. The third-order valence-corrected chi connectivity index (χ3v) is 2.88. The molecule has 1 aromatic carbocycles. The van der Waals surface area contributed by atoms with E-state index in [0.29, 0.717) is 17.7 Å². The van der Waals surface area contributed by atoms with Gasteiger partial charge in [-0.1, -0.05) is 11.6 Å². The molecule has 1 aromatic rings. The highest BCUT2D eigenvalue weighted by Crippen LogP contribution is 2.13. The fraction of sp³-hybridized carbons (Fsp3) is 0.286. The van der Waals surface area contributed by atoms with Gasteiger partial charge in [0.25, 0.3) is 5.91 Å². The number of hydrogen-bond acceptors (Lipinski definition) is 2. The van der Waals surface area contributed by atoms with Crippen molar-refractivity contribution in [2.75, 3.05) is 13.1 Å². The van der Waals surface area contributed by atoms with Gasteiger partial charge in [-0.05, 0) is 37.6 Å². The smallest absolute Gasteiger partial charge is 0.254 e. The largest absolute Gasteiger partial charge is 0.334 e. The summed E-state index contributed by atoms with van der Waals surface area (Å²) in [6.45, 7) is 3.52. The zero-order valence-corrected chi connectivity index (χ0v) is 9.81. The molecule has 0 N–H and O–H groups in total. The first-order chi connectivity index (χ1) is 8.20. The molecular weight excluding hydrogens is 212 g/mol. The monoisotopic (exact) mass is 226 g/mol. The van der Waals surface area contributed by atoms with Crippen LogP contribution in [0.15, 0.2) is 35.9 Å². The summed E-state index contributed by atoms with van der Waals surface area (Å²) in [6.07, 6.45) is 3.09. The van der Waals surface area contributed by atoms with E-state index in [2.05, 4.69) is 6.08 Å². The van der Waals surface area contributed by atoms with E-state index in [1.54, 1.807) is 24.3 Å². The van der Waals surface area contributed by atoms with Gasteiger partial charge in [0.05, 0.1) is 11.6 Å². The molecule has 0 atom stereocenters. The van der Waals surface area contributed by atoms with Gasteiger partial charge in [-0.25, -0.2) is 0 Å². The van der Waals surface area contributed by atoms with Crippen LogP contribution in [0.4, 0.5) is 0 Å². The van der Waals surface area contributed by atoms with Gasteiger partial charge in [-0.15, -0.1) is 0 Å². The highest BCUT2D eigenvalue weighted by atomic mass is 16.2. The fourth-order valence-corrected chi connectivity index (χ4v) is 1.95. The lowest BCUT2D eigenvalue weighted by atomic mass is 10.1. The molecule has 3 heteroatoms. The minimum absolute atomic E-state index is 0.0435. The molecule has 0 unspecified atom stereocenters. The predicted octanol–water partition coefficient (Wildman–Crippen LogP) is 2.35. The van der Waals surface area contributed by atoms with Gasteiger partial charge >= 0.3 is 0 Å². The second-order valence-electron chi connectivity index (χ2n) is 4.26. The average molecular weight is 226 g/mol. The van der Waals surface area contributed by atoms with Crippen molar-refractivity contribution in [1.82, 2.24) is 4.90 Å². The van der Waals surface area contributed by atoms with Gasteiger partial charge in [0.1, 0.15) is 0 Å². The van der Waals surface area contributed by atoms with Crippen molar-refractivity contribution in [2.24, 2.45) is 0 Å². The van der Waals surface area contributed by atoms with Crippen molar-refractivity contribution < 1.29 is 4.79 Å². The summed E-state index contributed by atoms with van der Waals surface area (Å²) < 4.78 is 0. The van der Waals surface area contributed by atoms with E-state index in [4.69, 9.17) is 5.26 Å². The number of rotatable bonds is 1. The molecular formula is C14H14N2O. The van der Waals surface area contributed by atoms with Gasteiger partial charge in [0.2, 0.25) is 0 Å². The summed E-state index contributed by atoms with van der Waals surface area (Å²) >= 11 is 0. The summed E-state index contributed by atoms with van der Waals surface area (Å²) in [5, 5.41) is 8.70. The number of amides is 1. The standard InChI is InChI=1S/C14H14N2O/c1-11-3-2-8-16(10-11)14(17)13-6-4-12(9-15)5-7-13/h3-7H,2,8,10H2,1H3. The number of nitriles is 1. The third kappa shape index (κ3) is 2.54. The van der Waals surface area contributed by atoms with Gasteiger partial charge in [0, 0.05) is 18.7 Å². The quantitative estimate of drug-likeness (QED) is 0.690. The predicted molar refractivity (Wildman–Crippen MR) is 65.4 cm³/mol. The maximum atomic E-state index is 12.2. The van der Waals surface area contributed by atoms with E-state index < -0.39 is 0 Å². The van der Waals surface area contributed by atoms with Crippen LogP contribution < -0.4 is 0 Å². The zero-order valence-electron chi connectivity index (χ0n) is 9.81. The Bertz CT molecular complexity index is 494. The lowest BCUT2D eigenvalue weighted by molar-refractivity contribution is 0.0766. The zero-order chi connectivity index (χ0) is 12.3. The van der Waals surface area contributed by atoms with Crippen molar-refractivity contribution in [3.8, 4) is 6.07 Å². The van der Waals surface area contributed by atoms with Gasteiger partial charge in [0.15, 0.2) is 0 Å². The number of nitrogens with zero attached hydrogens (tertiary/aromatic N) is 2. The first-order valence-electron chi connectivity index (χ1n) is 5.66. The van der Waals surface area contributed by atoms with E-state index in [9.17, 15) is 4.79 Å². The van der Waals surface area contributed by atoms with E-state index in [1.165, 1.54) is 5.57 Å². The van der Waals surface area contributed by atoms with E-state index in [1.807, 2.05) is 17.9 Å². The molecule has 0 aromatic heterocycles. The van der Waals surface area contributed by atoms with Crippen LogP contribution in [0.5, 0.6) is 0 Å². The van der Waals surface area contributed by atoms with Crippen molar-refractivity contribution in [3.63, 3.8) is 0 Å². The Morgan fingerprint density at radius 1 is 1.35 bits per heavy atom. The molecule has 0 aliphatic carbocycles. The number of carbonyl (C=O) groups excluding carboxylic acids is 1. The molecule has 1 aliphatic heterocycles. The number of carbonyl (C=O) groups is 1. The minimum atomic E-state index is 0.0435. The molecule has 0 radical (unpaired) electrons. The lowest BCUT2D eigenvalue weighted by Crippen LogP contribution is -2.35. The van der Waals surface area contributed by atoms with Gasteiger partial charge < -0.3 is 4.90 Å². The summed E-state index contributed by atoms with van der Waals surface area (Å²) in [4.78, 5) is 14.0. The molecule has 17 heavy (non-hydrogen) atoms. The molecule has 2 rings (SSSR count). The summed E-state index contributed by atoms with van der Waals surface area (Å²) in [5.41, 5.74) is 2.47. The third-order valence-electron chi connectivity index (χ3n) is 2.88. The topological polar surface area (TPSA) is 44.1 Å². The average Bonchev–Trinajstić information content (AvgIpc) is 2.38. The van der Waals surface area contributed by atoms with Crippen LogP contribution in [-0.4, -0.2) is 23.9 Å². The maximum Gasteiger partial charge on any atom is 0.254 e. The normalized spacial score (nSPS) is 15.1. The van der Waals surface area contributed by atoms with Crippen LogP contribution in [0.1, 0.15) is 29.3 Å². The van der Waals surface area contributed by atoms with Crippen LogP contribution >= 0.6 is 0 Å². The maximum absolute atomic E-state index is 12.2. The molecule has 0 bridgehead atoms. The Morgan fingerprint density at radius 3 is 2.65 bits per heavy atom. The first-order valence-corrected chi connectivity index (χ1v) is 5.66. The summed E-state index contributed by atoms with van der Waals surface area (Å²) in [6, 6.07) is 8.84. The van der Waals surface area contributed by atoms with E-state index in [-0.39, 0.29) is 5.91 Å². The van der Waals surface area contributed by atoms with Crippen LogP contribution in [-0.2, 0) is 0 Å². The first kappa shape index (κ1) is 11.4. The molecule has 86 valence electrons. The molecule has 1 heterocycles. The van der Waals surface area contributed by atoms with Gasteiger partial charge in [-0.3, -0.25) is 4.79 Å². The van der Waals surface area contributed by atoms with Crippen molar-refractivity contribution in [2.45, 2.75) is 13.3 Å². The minimum Gasteiger partial charge on any atom is -0.334 e. The Kier molecular flexibility index (Phi) is 3.24. The molecule has 0 saturated heterocycles. The molecule has 3 nitrogen and oxygen atoms in total. The van der Waals surface area contributed by atoms with Crippen LogP contribution in [0.25, 0.3) is 0 Å². The summed E-state index contributed by atoms with van der Waals surface area (Å²) in [7, 11) is 0. The second kappa shape index (κ2) is 4.84. The summed E-state index contributed by atoms with van der Waals surface area (Å²) in [5.74, 6) is 0.0435. The van der Waals surface area contributed by atoms with E-state index >= 15 is 0 Å². The number of benzene rings is 1.